The number of thioether (sulfide) groups is 1. The number of hydrogen-bond acceptors (Lipinski definition) is 3. The molecule has 0 N–H and O–H groups in total. The Labute approximate surface area is 93.7 Å². The highest BCUT2D eigenvalue weighted by atomic mass is 32.2. The molecule has 1 aromatic carbocycles. The molecular formula is C12H12N2S. The molecule has 0 fully saturated rings. The van der Waals surface area contributed by atoms with Crippen molar-refractivity contribution in [2.45, 2.75) is 11.9 Å². The Morgan fingerprint density at radius 1 is 0.933 bits per heavy atom. The molecule has 0 saturated heterocycles. The summed E-state index contributed by atoms with van der Waals surface area (Å²) >= 11 is 1.60. The predicted molar refractivity (Wildman–Crippen MR) is 64.0 cm³/mol. The third-order valence-electron chi connectivity index (χ3n) is 2.20. The monoisotopic (exact) mass is 216 g/mol. The molecule has 0 bridgehead atoms. The summed E-state index contributed by atoms with van der Waals surface area (Å²) in [4.78, 5) is 0. The van der Waals surface area contributed by atoms with Crippen LogP contribution in [0.15, 0.2) is 41.4 Å². The SMILES string of the molecule is CSc1ccc(-c2ccc(C)cc2)nn1. The quantitative estimate of drug-likeness (QED) is 0.721. The van der Waals surface area contributed by atoms with Gasteiger partial charge in [-0.1, -0.05) is 29.8 Å². The van der Waals surface area contributed by atoms with Crippen LogP contribution in [-0.4, -0.2) is 16.5 Å². The third kappa shape index (κ3) is 2.36. The van der Waals surface area contributed by atoms with Crippen molar-refractivity contribution in [3.05, 3.63) is 42.0 Å². The van der Waals surface area contributed by atoms with Gasteiger partial charge in [0.25, 0.3) is 0 Å². The molecule has 0 saturated carbocycles. The average Bonchev–Trinajstić information content (AvgIpc) is 2.30. The smallest absolute Gasteiger partial charge is 0.119 e. The second-order valence-corrected chi connectivity index (χ2v) is 4.15. The Hall–Kier alpha value is -1.35. The van der Waals surface area contributed by atoms with E-state index >= 15 is 0 Å². The number of rotatable bonds is 2. The highest BCUT2D eigenvalue weighted by Gasteiger charge is 1.99. The molecule has 3 heteroatoms. The number of aromatic nitrogens is 2. The van der Waals surface area contributed by atoms with Crippen molar-refractivity contribution in [3.63, 3.8) is 0 Å². The van der Waals surface area contributed by atoms with Crippen LogP contribution in [0.5, 0.6) is 0 Å². The van der Waals surface area contributed by atoms with Gasteiger partial charge >= 0.3 is 0 Å². The van der Waals surface area contributed by atoms with E-state index in [0.717, 1.165) is 16.3 Å². The zero-order valence-electron chi connectivity index (χ0n) is 8.77. The molecule has 2 nitrogen and oxygen atoms in total. The summed E-state index contributed by atoms with van der Waals surface area (Å²) in [6.45, 7) is 2.08. The van der Waals surface area contributed by atoms with Crippen LogP contribution in [0, 0.1) is 6.92 Å². The molecule has 2 rings (SSSR count). The molecular weight excluding hydrogens is 204 g/mol. The summed E-state index contributed by atoms with van der Waals surface area (Å²) in [6.07, 6.45) is 2.00. The van der Waals surface area contributed by atoms with E-state index in [1.807, 2.05) is 18.4 Å². The Morgan fingerprint density at radius 3 is 2.20 bits per heavy atom. The van der Waals surface area contributed by atoms with Gasteiger partial charge in [0.05, 0.1) is 5.69 Å². The molecule has 0 aliphatic rings. The number of aryl methyl sites for hydroxylation is 1. The van der Waals surface area contributed by atoms with Gasteiger partial charge in [0, 0.05) is 5.56 Å². The fourth-order valence-corrected chi connectivity index (χ4v) is 1.63. The maximum atomic E-state index is 4.18. The third-order valence-corrected chi connectivity index (χ3v) is 2.83. The number of nitrogens with zero attached hydrogens (tertiary/aromatic N) is 2. The normalized spacial score (nSPS) is 10.3. The molecule has 0 atom stereocenters. The number of hydrogen-bond donors (Lipinski definition) is 0. The summed E-state index contributed by atoms with van der Waals surface area (Å²) in [5, 5.41) is 9.24. The van der Waals surface area contributed by atoms with Crippen molar-refractivity contribution in [3.8, 4) is 11.3 Å². The minimum Gasteiger partial charge on any atom is -0.149 e. The fourth-order valence-electron chi connectivity index (χ4n) is 1.31. The lowest BCUT2D eigenvalue weighted by Crippen LogP contribution is -1.88. The van der Waals surface area contributed by atoms with Crippen LogP contribution >= 0.6 is 11.8 Å². The molecule has 0 amide bonds. The molecule has 1 aromatic heterocycles. The first-order valence-electron chi connectivity index (χ1n) is 4.74. The summed E-state index contributed by atoms with van der Waals surface area (Å²) in [5.41, 5.74) is 3.29. The van der Waals surface area contributed by atoms with E-state index in [9.17, 15) is 0 Å². The van der Waals surface area contributed by atoms with Crippen molar-refractivity contribution >= 4 is 11.8 Å². The van der Waals surface area contributed by atoms with Crippen LogP contribution < -0.4 is 0 Å². The van der Waals surface area contributed by atoms with Gasteiger partial charge in [-0.3, -0.25) is 0 Å². The maximum Gasteiger partial charge on any atom is 0.119 e. The van der Waals surface area contributed by atoms with Gasteiger partial charge in [0.2, 0.25) is 0 Å². The van der Waals surface area contributed by atoms with Gasteiger partial charge in [-0.2, -0.15) is 0 Å². The lowest BCUT2D eigenvalue weighted by Gasteiger charge is -2.01. The van der Waals surface area contributed by atoms with Crippen molar-refractivity contribution in [1.29, 1.82) is 0 Å². The van der Waals surface area contributed by atoms with E-state index in [1.165, 1.54) is 5.56 Å². The van der Waals surface area contributed by atoms with E-state index in [2.05, 4.69) is 41.4 Å². The largest absolute Gasteiger partial charge is 0.149 e. The van der Waals surface area contributed by atoms with Crippen molar-refractivity contribution in [1.82, 2.24) is 10.2 Å². The Balaban J connectivity index is 2.33. The highest BCUT2D eigenvalue weighted by molar-refractivity contribution is 7.98. The molecule has 0 radical (unpaired) electrons. The molecule has 0 spiro atoms. The average molecular weight is 216 g/mol. The summed E-state index contributed by atoms with van der Waals surface area (Å²) in [7, 11) is 0. The summed E-state index contributed by atoms with van der Waals surface area (Å²) < 4.78 is 0. The molecule has 2 aromatic rings. The predicted octanol–water partition coefficient (Wildman–Crippen LogP) is 3.17. The van der Waals surface area contributed by atoms with E-state index in [-0.39, 0.29) is 0 Å². The van der Waals surface area contributed by atoms with Gasteiger partial charge < -0.3 is 0 Å². The molecule has 76 valence electrons. The van der Waals surface area contributed by atoms with Crippen molar-refractivity contribution in [2.75, 3.05) is 6.26 Å². The van der Waals surface area contributed by atoms with Crippen molar-refractivity contribution < 1.29 is 0 Å². The van der Waals surface area contributed by atoms with Gasteiger partial charge in [-0.15, -0.1) is 22.0 Å². The first-order valence-corrected chi connectivity index (χ1v) is 5.97. The minimum absolute atomic E-state index is 0.924. The van der Waals surface area contributed by atoms with Gasteiger partial charge in [0.1, 0.15) is 5.03 Å². The maximum absolute atomic E-state index is 4.18. The van der Waals surface area contributed by atoms with E-state index in [0.29, 0.717) is 0 Å². The van der Waals surface area contributed by atoms with Gasteiger partial charge in [0.15, 0.2) is 0 Å². The van der Waals surface area contributed by atoms with Crippen LogP contribution in [0.3, 0.4) is 0 Å². The molecule has 15 heavy (non-hydrogen) atoms. The first kappa shape index (κ1) is 10.2. The Morgan fingerprint density at radius 2 is 1.67 bits per heavy atom. The summed E-state index contributed by atoms with van der Waals surface area (Å²) in [6, 6.07) is 12.3. The Bertz CT molecular complexity index is 434. The standard InChI is InChI=1S/C12H12N2S/c1-9-3-5-10(6-4-9)11-7-8-12(15-2)14-13-11/h3-8H,1-2H3. The molecule has 0 unspecified atom stereocenters. The first-order chi connectivity index (χ1) is 7.29. The van der Waals surface area contributed by atoms with Gasteiger partial charge in [-0.05, 0) is 25.3 Å². The fraction of sp³-hybridized carbons (Fsp3) is 0.167. The van der Waals surface area contributed by atoms with Crippen LogP contribution in [0.2, 0.25) is 0 Å². The van der Waals surface area contributed by atoms with Crippen LogP contribution in [0.25, 0.3) is 11.3 Å². The lowest BCUT2D eigenvalue weighted by molar-refractivity contribution is 0.937. The van der Waals surface area contributed by atoms with Crippen LogP contribution in [0.4, 0.5) is 0 Å². The second kappa shape index (κ2) is 4.45. The second-order valence-electron chi connectivity index (χ2n) is 3.33. The van der Waals surface area contributed by atoms with Gasteiger partial charge in [-0.25, -0.2) is 0 Å². The van der Waals surface area contributed by atoms with E-state index in [4.69, 9.17) is 0 Å². The molecule has 0 aliphatic carbocycles. The summed E-state index contributed by atoms with van der Waals surface area (Å²) in [5.74, 6) is 0. The van der Waals surface area contributed by atoms with Crippen LogP contribution in [-0.2, 0) is 0 Å². The van der Waals surface area contributed by atoms with E-state index in [1.54, 1.807) is 11.8 Å². The zero-order chi connectivity index (χ0) is 10.7. The van der Waals surface area contributed by atoms with Crippen molar-refractivity contribution in [2.24, 2.45) is 0 Å². The zero-order valence-corrected chi connectivity index (χ0v) is 9.58. The Kier molecular flexibility index (Phi) is 3.02. The molecule has 1 heterocycles. The highest BCUT2D eigenvalue weighted by Crippen LogP contribution is 2.18. The van der Waals surface area contributed by atoms with E-state index < -0.39 is 0 Å². The topological polar surface area (TPSA) is 25.8 Å². The number of benzene rings is 1. The van der Waals surface area contributed by atoms with Crippen LogP contribution in [0.1, 0.15) is 5.56 Å². The molecule has 0 aliphatic heterocycles. The lowest BCUT2D eigenvalue weighted by atomic mass is 10.1. The minimum atomic E-state index is 0.924.